The van der Waals surface area contributed by atoms with Crippen LogP contribution in [-0.2, 0) is 9.47 Å². The average Bonchev–Trinajstić information content (AvgIpc) is 2.47. The van der Waals surface area contributed by atoms with Gasteiger partial charge in [-0.05, 0) is 31.9 Å². The summed E-state index contributed by atoms with van der Waals surface area (Å²) in [7, 11) is 0. The quantitative estimate of drug-likeness (QED) is 0.538. The predicted molar refractivity (Wildman–Crippen MR) is 81.6 cm³/mol. The van der Waals surface area contributed by atoms with Gasteiger partial charge in [0.2, 0.25) is 0 Å². The maximum absolute atomic E-state index is 12.1. The lowest BCUT2D eigenvalue weighted by atomic mass is 10.0. The number of aryl methyl sites for hydroxylation is 1. The second-order valence-electron chi connectivity index (χ2n) is 5.03. The molecule has 0 aliphatic heterocycles. The van der Waals surface area contributed by atoms with Crippen molar-refractivity contribution in [3.05, 3.63) is 34.9 Å². The maximum Gasteiger partial charge on any atom is 0.339 e. The van der Waals surface area contributed by atoms with E-state index in [1.54, 1.807) is 18.2 Å². The van der Waals surface area contributed by atoms with Gasteiger partial charge >= 0.3 is 11.9 Å². The second kappa shape index (κ2) is 9.16. The lowest BCUT2D eigenvalue weighted by Gasteiger charge is -2.10. The highest BCUT2D eigenvalue weighted by molar-refractivity contribution is 6.03. The number of hydrogen-bond donors (Lipinski definition) is 0. The minimum absolute atomic E-state index is 0.276. The molecule has 4 heteroatoms. The highest BCUT2D eigenvalue weighted by atomic mass is 16.5. The molecule has 0 aliphatic carbocycles. The highest BCUT2D eigenvalue weighted by Crippen LogP contribution is 2.15. The van der Waals surface area contributed by atoms with Crippen LogP contribution in [0.4, 0.5) is 0 Å². The summed E-state index contributed by atoms with van der Waals surface area (Å²) in [6.45, 7) is 6.66. The summed E-state index contributed by atoms with van der Waals surface area (Å²) in [5.41, 5.74) is 1.47. The third-order valence-electron chi connectivity index (χ3n) is 3.08. The molecular weight excluding hydrogens is 268 g/mol. The van der Waals surface area contributed by atoms with Gasteiger partial charge in [-0.25, -0.2) is 9.59 Å². The first-order valence-electron chi connectivity index (χ1n) is 7.55. The van der Waals surface area contributed by atoms with Gasteiger partial charge in [-0.15, -0.1) is 0 Å². The topological polar surface area (TPSA) is 52.6 Å². The number of carbonyl (C=O) groups excluding carboxylic acids is 2. The summed E-state index contributed by atoms with van der Waals surface area (Å²) in [6.07, 6.45) is 3.53. The summed E-state index contributed by atoms with van der Waals surface area (Å²) < 4.78 is 10.4. The Bertz CT molecular complexity index is 480. The number of esters is 2. The van der Waals surface area contributed by atoms with Crippen LogP contribution < -0.4 is 0 Å². The summed E-state index contributed by atoms with van der Waals surface area (Å²) in [6, 6.07) is 5.09. The van der Waals surface area contributed by atoms with E-state index in [1.165, 1.54) is 0 Å². The van der Waals surface area contributed by atoms with Crippen molar-refractivity contribution in [2.75, 3.05) is 13.2 Å². The van der Waals surface area contributed by atoms with Crippen molar-refractivity contribution < 1.29 is 19.1 Å². The SMILES string of the molecule is CCCCOC(=O)c1ccc(C)cc1C(=O)OCCCC. The molecule has 1 rings (SSSR count). The van der Waals surface area contributed by atoms with Crippen molar-refractivity contribution in [3.63, 3.8) is 0 Å². The van der Waals surface area contributed by atoms with Crippen LogP contribution >= 0.6 is 0 Å². The summed E-state index contributed by atoms with van der Waals surface area (Å²) >= 11 is 0. The predicted octanol–water partition coefficient (Wildman–Crippen LogP) is 3.91. The molecule has 0 amide bonds. The molecule has 0 atom stereocenters. The Kier molecular flexibility index (Phi) is 7.51. The Morgan fingerprint density at radius 1 is 0.905 bits per heavy atom. The van der Waals surface area contributed by atoms with Crippen LogP contribution in [0.3, 0.4) is 0 Å². The van der Waals surface area contributed by atoms with Crippen LogP contribution in [0.2, 0.25) is 0 Å². The minimum Gasteiger partial charge on any atom is -0.462 e. The molecule has 0 unspecified atom stereocenters. The lowest BCUT2D eigenvalue weighted by Crippen LogP contribution is -2.15. The van der Waals surface area contributed by atoms with Gasteiger partial charge in [-0.2, -0.15) is 0 Å². The minimum atomic E-state index is -0.467. The molecule has 0 N–H and O–H groups in total. The third kappa shape index (κ3) is 5.58. The summed E-state index contributed by atoms with van der Waals surface area (Å²) in [4.78, 5) is 24.2. The van der Waals surface area contributed by atoms with Gasteiger partial charge in [0, 0.05) is 0 Å². The zero-order chi connectivity index (χ0) is 15.7. The van der Waals surface area contributed by atoms with Gasteiger partial charge in [0.1, 0.15) is 0 Å². The van der Waals surface area contributed by atoms with E-state index in [0.29, 0.717) is 13.2 Å². The zero-order valence-corrected chi connectivity index (χ0v) is 13.1. The number of carbonyl (C=O) groups is 2. The largest absolute Gasteiger partial charge is 0.462 e. The molecule has 0 saturated heterocycles. The number of benzene rings is 1. The molecule has 0 aromatic heterocycles. The van der Waals surface area contributed by atoms with E-state index in [2.05, 4.69) is 0 Å². The van der Waals surface area contributed by atoms with Crippen LogP contribution in [0.1, 0.15) is 65.8 Å². The maximum atomic E-state index is 12.1. The van der Waals surface area contributed by atoms with E-state index in [-0.39, 0.29) is 11.1 Å². The van der Waals surface area contributed by atoms with Gasteiger partial charge in [0.15, 0.2) is 0 Å². The molecule has 21 heavy (non-hydrogen) atoms. The molecule has 0 aliphatic rings. The monoisotopic (exact) mass is 292 g/mol. The van der Waals surface area contributed by atoms with E-state index in [1.807, 2.05) is 20.8 Å². The van der Waals surface area contributed by atoms with Gasteiger partial charge in [0.05, 0.1) is 24.3 Å². The molecule has 116 valence electrons. The van der Waals surface area contributed by atoms with Crippen molar-refractivity contribution in [1.82, 2.24) is 0 Å². The van der Waals surface area contributed by atoms with Crippen LogP contribution in [0.25, 0.3) is 0 Å². The standard InChI is InChI=1S/C17H24O4/c1-4-6-10-20-16(18)14-9-8-13(3)12-15(14)17(19)21-11-7-5-2/h8-9,12H,4-7,10-11H2,1-3H3. The Morgan fingerprint density at radius 3 is 1.95 bits per heavy atom. The molecule has 4 nitrogen and oxygen atoms in total. The first-order valence-corrected chi connectivity index (χ1v) is 7.55. The smallest absolute Gasteiger partial charge is 0.339 e. The molecule has 0 saturated carbocycles. The van der Waals surface area contributed by atoms with Crippen molar-refractivity contribution in [2.45, 2.75) is 46.5 Å². The fourth-order valence-electron chi connectivity index (χ4n) is 1.78. The van der Waals surface area contributed by atoms with Crippen LogP contribution in [0.5, 0.6) is 0 Å². The molecule has 0 fully saturated rings. The van der Waals surface area contributed by atoms with Crippen LogP contribution in [-0.4, -0.2) is 25.2 Å². The van der Waals surface area contributed by atoms with Crippen molar-refractivity contribution in [3.8, 4) is 0 Å². The third-order valence-corrected chi connectivity index (χ3v) is 3.08. The molecular formula is C17H24O4. The molecule has 0 heterocycles. The first kappa shape index (κ1) is 17.2. The molecule has 0 bridgehead atoms. The number of unbranched alkanes of at least 4 members (excludes halogenated alkanes) is 2. The fraction of sp³-hybridized carbons (Fsp3) is 0.529. The molecule has 0 spiro atoms. The number of rotatable bonds is 8. The Morgan fingerprint density at radius 2 is 1.43 bits per heavy atom. The highest BCUT2D eigenvalue weighted by Gasteiger charge is 2.19. The van der Waals surface area contributed by atoms with E-state index in [0.717, 1.165) is 31.2 Å². The Balaban J connectivity index is 2.83. The first-order chi connectivity index (χ1) is 10.1. The second-order valence-corrected chi connectivity index (χ2v) is 5.03. The Hall–Kier alpha value is -1.84. The van der Waals surface area contributed by atoms with Crippen molar-refractivity contribution in [1.29, 1.82) is 0 Å². The average molecular weight is 292 g/mol. The summed E-state index contributed by atoms with van der Waals surface area (Å²) in [5, 5.41) is 0. The molecule has 1 aromatic rings. The van der Waals surface area contributed by atoms with E-state index >= 15 is 0 Å². The fourth-order valence-corrected chi connectivity index (χ4v) is 1.78. The number of ether oxygens (including phenoxy) is 2. The van der Waals surface area contributed by atoms with E-state index < -0.39 is 11.9 Å². The van der Waals surface area contributed by atoms with Crippen LogP contribution in [0, 0.1) is 6.92 Å². The molecule has 1 aromatic carbocycles. The normalized spacial score (nSPS) is 10.2. The number of hydrogen-bond acceptors (Lipinski definition) is 4. The van der Waals surface area contributed by atoms with Gasteiger partial charge < -0.3 is 9.47 Å². The van der Waals surface area contributed by atoms with Gasteiger partial charge in [0.25, 0.3) is 0 Å². The van der Waals surface area contributed by atoms with Gasteiger partial charge in [-0.3, -0.25) is 0 Å². The van der Waals surface area contributed by atoms with Gasteiger partial charge in [-0.1, -0.05) is 38.3 Å². The van der Waals surface area contributed by atoms with Crippen molar-refractivity contribution >= 4 is 11.9 Å². The lowest BCUT2D eigenvalue weighted by molar-refractivity contribution is 0.0452. The molecule has 0 radical (unpaired) electrons. The van der Waals surface area contributed by atoms with Crippen LogP contribution in [0.15, 0.2) is 18.2 Å². The van der Waals surface area contributed by atoms with E-state index in [4.69, 9.17) is 9.47 Å². The van der Waals surface area contributed by atoms with E-state index in [9.17, 15) is 9.59 Å². The Labute approximate surface area is 126 Å². The zero-order valence-electron chi connectivity index (χ0n) is 13.1. The van der Waals surface area contributed by atoms with Crippen molar-refractivity contribution in [2.24, 2.45) is 0 Å². The summed E-state index contributed by atoms with van der Waals surface area (Å²) in [5.74, 6) is -0.930.